The quantitative estimate of drug-likeness (QED) is 0.662. The number of carbonyl (C=O) groups is 2. The second-order valence-electron chi connectivity index (χ2n) is 5.85. The number of ether oxygens (including phenoxy) is 2. The van der Waals surface area contributed by atoms with Crippen molar-refractivity contribution in [3.05, 3.63) is 83.3 Å². The van der Waals surface area contributed by atoms with Gasteiger partial charge in [-0.05, 0) is 48.9 Å². The molecule has 27 heavy (non-hydrogen) atoms. The van der Waals surface area contributed by atoms with Crippen LogP contribution in [0.15, 0.2) is 65.3 Å². The van der Waals surface area contributed by atoms with Crippen LogP contribution in [-0.4, -0.2) is 19.0 Å². The maximum atomic E-state index is 12.6. The Morgan fingerprint density at radius 1 is 1.07 bits per heavy atom. The van der Waals surface area contributed by atoms with Crippen LogP contribution in [0.5, 0.6) is 5.75 Å². The van der Waals surface area contributed by atoms with Gasteiger partial charge in [0.2, 0.25) is 0 Å². The lowest BCUT2D eigenvalue weighted by molar-refractivity contribution is 0.0600. The molecule has 0 atom stereocenters. The molecule has 1 N–H and O–H groups in total. The minimum absolute atomic E-state index is 0.183. The van der Waals surface area contributed by atoms with Gasteiger partial charge in [-0.1, -0.05) is 18.2 Å². The number of amides is 1. The predicted molar refractivity (Wildman–Crippen MR) is 100.0 cm³/mol. The van der Waals surface area contributed by atoms with E-state index in [0.717, 1.165) is 5.56 Å². The molecule has 0 saturated carbocycles. The summed E-state index contributed by atoms with van der Waals surface area (Å²) in [5.41, 5.74) is 2.38. The maximum Gasteiger partial charge on any atom is 0.337 e. The van der Waals surface area contributed by atoms with Gasteiger partial charge in [-0.15, -0.1) is 0 Å². The van der Waals surface area contributed by atoms with Crippen molar-refractivity contribution >= 4 is 17.6 Å². The second kappa shape index (κ2) is 8.23. The average Bonchev–Trinajstić information content (AvgIpc) is 3.17. The van der Waals surface area contributed by atoms with Crippen LogP contribution < -0.4 is 10.1 Å². The van der Waals surface area contributed by atoms with Crippen molar-refractivity contribution in [2.45, 2.75) is 13.5 Å². The van der Waals surface area contributed by atoms with Crippen LogP contribution in [0, 0.1) is 6.92 Å². The third-order valence-corrected chi connectivity index (χ3v) is 3.99. The van der Waals surface area contributed by atoms with Gasteiger partial charge in [-0.25, -0.2) is 4.79 Å². The summed E-state index contributed by atoms with van der Waals surface area (Å²) in [6.45, 7) is 2.01. The summed E-state index contributed by atoms with van der Waals surface area (Å²) >= 11 is 0. The number of aryl methyl sites for hydroxylation is 1. The number of carbonyl (C=O) groups excluding carboxylic acids is 2. The van der Waals surface area contributed by atoms with Gasteiger partial charge in [-0.3, -0.25) is 4.79 Å². The summed E-state index contributed by atoms with van der Waals surface area (Å²) in [6.07, 6.45) is 1.45. The molecule has 0 aliphatic rings. The smallest absolute Gasteiger partial charge is 0.337 e. The minimum Gasteiger partial charge on any atom is -0.489 e. The first-order chi connectivity index (χ1) is 13.1. The third-order valence-electron chi connectivity index (χ3n) is 3.99. The number of nitrogens with one attached hydrogen (secondary N) is 1. The molecule has 0 aliphatic heterocycles. The first kappa shape index (κ1) is 18.3. The number of hydrogen-bond acceptors (Lipinski definition) is 5. The van der Waals surface area contributed by atoms with Crippen molar-refractivity contribution < 1.29 is 23.5 Å². The Balaban J connectivity index is 1.70. The van der Waals surface area contributed by atoms with E-state index in [-0.39, 0.29) is 18.3 Å². The highest BCUT2D eigenvalue weighted by molar-refractivity contribution is 6.04. The summed E-state index contributed by atoms with van der Waals surface area (Å²) in [6, 6.07) is 15.9. The van der Waals surface area contributed by atoms with Crippen molar-refractivity contribution in [1.29, 1.82) is 0 Å². The predicted octanol–water partition coefficient (Wildman–Crippen LogP) is 4.21. The molecule has 138 valence electrons. The van der Waals surface area contributed by atoms with Crippen molar-refractivity contribution in [3.63, 3.8) is 0 Å². The van der Waals surface area contributed by atoms with Gasteiger partial charge in [0.25, 0.3) is 5.91 Å². The van der Waals surface area contributed by atoms with Crippen molar-refractivity contribution in [3.8, 4) is 5.75 Å². The molecule has 3 aromatic rings. The molecule has 0 saturated heterocycles. The van der Waals surface area contributed by atoms with Gasteiger partial charge in [0, 0.05) is 11.3 Å². The Morgan fingerprint density at radius 2 is 1.85 bits per heavy atom. The molecule has 1 heterocycles. The van der Waals surface area contributed by atoms with Gasteiger partial charge in [0.05, 0.1) is 18.9 Å². The van der Waals surface area contributed by atoms with Crippen LogP contribution in [0.3, 0.4) is 0 Å². The normalized spacial score (nSPS) is 10.3. The Morgan fingerprint density at radius 3 is 2.56 bits per heavy atom. The molecule has 0 unspecified atom stereocenters. The van der Waals surface area contributed by atoms with E-state index in [4.69, 9.17) is 13.9 Å². The number of benzene rings is 2. The first-order valence-corrected chi connectivity index (χ1v) is 8.33. The van der Waals surface area contributed by atoms with Gasteiger partial charge < -0.3 is 19.2 Å². The molecule has 0 bridgehead atoms. The fourth-order valence-electron chi connectivity index (χ4n) is 2.55. The highest BCUT2D eigenvalue weighted by atomic mass is 16.5. The van der Waals surface area contributed by atoms with Crippen LogP contribution in [0.4, 0.5) is 5.69 Å². The van der Waals surface area contributed by atoms with Gasteiger partial charge >= 0.3 is 5.97 Å². The number of esters is 1. The Bertz CT molecular complexity index is 946. The van der Waals surface area contributed by atoms with Crippen molar-refractivity contribution in [2.24, 2.45) is 0 Å². The lowest BCUT2D eigenvalue weighted by atomic mass is 10.1. The number of furan rings is 1. The number of para-hydroxylation sites is 1. The Labute approximate surface area is 156 Å². The maximum absolute atomic E-state index is 12.6. The number of anilines is 1. The van der Waals surface area contributed by atoms with Gasteiger partial charge in [-0.2, -0.15) is 0 Å². The zero-order chi connectivity index (χ0) is 19.2. The van der Waals surface area contributed by atoms with E-state index in [0.29, 0.717) is 22.6 Å². The van der Waals surface area contributed by atoms with Crippen molar-refractivity contribution in [1.82, 2.24) is 0 Å². The Kier molecular flexibility index (Phi) is 5.56. The summed E-state index contributed by atoms with van der Waals surface area (Å²) in [5, 5.41) is 2.79. The van der Waals surface area contributed by atoms with Gasteiger partial charge in [0.1, 0.15) is 12.4 Å². The molecule has 3 rings (SSSR count). The standard InChI is InChI=1S/C21H19NO5/c1-14-12-15(21(24)25-2)8-9-18(14)22-20(23)19-16(10-11-26-19)13-27-17-6-4-3-5-7-17/h3-12H,13H2,1-2H3,(H,22,23). The number of methoxy groups -OCH3 is 1. The van der Waals surface area contributed by atoms with E-state index in [1.54, 1.807) is 31.2 Å². The molecular formula is C21H19NO5. The van der Waals surface area contributed by atoms with E-state index < -0.39 is 5.97 Å². The highest BCUT2D eigenvalue weighted by Gasteiger charge is 2.17. The number of hydrogen-bond donors (Lipinski definition) is 1. The molecule has 0 radical (unpaired) electrons. The molecular weight excluding hydrogens is 346 g/mol. The molecule has 2 aromatic carbocycles. The summed E-state index contributed by atoms with van der Waals surface area (Å²) < 4.78 is 15.7. The van der Waals surface area contributed by atoms with Crippen LogP contribution in [0.1, 0.15) is 32.0 Å². The Hall–Kier alpha value is -3.54. The summed E-state index contributed by atoms with van der Waals surface area (Å²) in [4.78, 5) is 24.2. The SMILES string of the molecule is COC(=O)c1ccc(NC(=O)c2occc2COc2ccccc2)c(C)c1. The minimum atomic E-state index is -0.428. The third kappa shape index (κ3) is 4.36. The monoisotopic (exact) mass is 365 g/mol. The molecule has 0 spiro atoms. The van der Waals surface area contributed by atoms with Crippen LogP contribution in [0.2, 0.25) is 0 Å². The zero-order valence-electron chi connectivity index (χ0n) is 15.0. The van der Waals surface area contributed by atoms with E-state index >= 15 is 0 Å². The lowest BCUT2D eigenvalue weighted by Crippen LogP contribution is -2.15. The van der Waals surface area contributed by atoms with Crippen LogP contribution >= 0.6 is 0 Å². The fraction of sp³-hybridized carbons (Fsp3) is 0.143. The largest absolute Gasteiger partial charge is 0.489 e. The van der Waals surface area contributed by atoms with E-state index in [2.05, 4.69) is 5.32 Å². The molecule has 0 fully saturated rings. The summed E-state index contributed by atoms with van der Waals surface area (Å²) in [5.74, 6) is 0.0737. The average molecular weight is 365 g/mol. The van der Waals surface area contributed by atoms with Crippen LogP contribution in [-0.2, 0) is 11.3 Å². The lowest BCUT2D eigenvalue weighted by Gasteiger charge is -2.10. The molecule has 6 heteroatoms. The summed E-state index contributed by atoms with van der Waals surface area (Å²) in [7, 11) is 1.32. The molecule has 1 aromatic heterocycles. The molecule has 6 nitrogen and oxygen atoms in total. The van der Waals surface area contributed by atoms with Gasteiger partial charge in [0.15, 0.2) is 5.76 Å². The zero-order valence-corrected chi connectivity index (χ0v) is 15.0. The fourth-order valence-corrected chi connectivity index (χ4v) is 2.55. The number of rotatable bonds is 6. The van der Waals surface area contributed by atoms with E-state index in [1.165, 1.54) is 13.4 Å². The highest BCUT2D eigenvalue weighted by Crippen LogP contribution is 2.20. The van der Waals surface area contributed by atoms with E-state index in [9.17, 15) is 9.59 Å². The molecule has 0 aliphatic carbocycles. The van der Waals surface area contributed by atoms with Crippen molar-refractivity contribution in [2.75, 3.05) is 12.4 Å². The molecule has 1 amide bonds. The van der Waals surface area contributed by atoms with Crippen LogP contribution in [0.25, 0.3) is 0 Å². The van der Waals surface area contributed by atoms with E-state index in [1.807, 2.05) is 30.3 Å². The second-order valence-corrected chi connectivity index (χ2v) is 5.85. The first-order valence-electron chi connectivity index (χ1n) is 8.33. The topological polar surface area (TPSA) is 77.8 Å².